The summed E-state index contributed by atoms with van der Waals surface area (Å²) < 4.78 is 0. The Morgan fingerprint density at radius 2 is 2.11 bits per heavy atom. The first-order valence-electron chi connectivity index (χ1n) is 5.59. The molecule has 1 aromatic rings. The zero-order valence-electron chi connectivity index (χ0n) is 10.1. The normalized spacial score (nSPS) is 11.9. The molecule has 2 amide bonds. The van der Waals surface area contributed by atoms with E-state index in [1.165, 1.54) is 12.1 Å². The first kappa shape index (κ1) is 14.5. The Balaban J connectivity index is 2.89. The van der Waals surface area contributed by atoms with Crippen molar-refractivity contribution in [2.75, 3.05) is 11.9 Å². The number of anilines is 1. The van der Waals surface area contributed by atoms with E-state index in [4.69, 9.17) is 23.1 Å². The number of carbonyl (C=O) groups excluding carboxylic acids is 2. The third kappa shape index (κ3) is 3.45. The van der Waals surface area contributed by atoms with Crippen LogP contribution in [0.5, 0.6) is 0 Å². The van der Waals surface area contributed by atoms with E-state index in [0.717, 1.165) is 0 Å². The van der Waals surface area contributed by atoms with Gasteiger partial charge in [0.25, 0.3) is 0 Å². The number of primary amides is 1. The first-order valence-corrected chi connectivity index (χ1v) is 5.97. The van der Waals surface area contributed by atoms with Crippen LogP contribution in [0, 0.1) is 5.92 Å². The van der Waals surface area contributed by atoms with Crippen LogP contribution in [0.4, 0.5) is 5.69 Å². The molecule has 6 heteroatoms. The minimum atomic E-state index is -0.637. The van der Waals surface area contributed by atoms with E-state index in [9.17, 15) is 9.59 Å². The van der Waals surface area contributed by atoms with Gasteiger partial charge in [-0.2, -0.15) is 0 Å². The molecule has 0 radical (unpaired) electrons. The summed E-state index contributed by atoms with van der Waals surface area (Å²) >= 11 is 5.81. The van der Waals surface area contributed by atoms with Gasteiger partial charge in [-0.05, 0) is 24.6 Å². The lowest BCUT2D eigenvalue weighted by molar-refractivity contribution is -0.119. The second kappa shape index (κ2) is 6.37. The number of benzene rings is 1. The summed E-state index contributed by atoms with van der Waals surface area (Å²) in [5, 5.41) is 2.94. The van der Waals surface area contributed by atoms with Crippen LogP contribution in [-0.2, 0) is 4.79 Å². The number of hydrogen-bond donors (Lipinski definition) is 3. The number of rotatable bonds is 5. The largest absolute Gasteiger partial charge is 0.366 e. The summed E-state index contributed by atoms with van der Waals surface area (Å²) in [6, 6.07) is 4.57. The molecule has 0 aliphatic heterocycles. The highest BCUT2D eigenvalue weighted by molar-refractivity contribution is 6.33. The van der Waals surface area contributed by atoms with E-state index in [1.54, 1.807) is 6.07 Å². The van der Waals surface area contributed by atoms with Gasteiger partial charge in [-0.3, -0.25) is 9.59 Å². The molecule has 0 heterocycles. The molecule has 5 nitrogen and oxygen atoms in total. The highest BCUT2D eigenvalue weighted by Crippen LogP contribution is 2.20. The molecular weight excluding hydrogens is 254 g/mol. The molecule has 0 saturated heterocycles. The fourth-order valence-electron chi connectivity index (χ4n) is 1.50. The number of carbonyl (C=O) groups is 2. The van der Waals surface area contributed by atoms with Gasteiger partial charge in [0.1, 0.15) is 0 Å². The van der Waals surface area contributed by atoms with Crippen molar-refractivity contribution in [3.05, 3.63) is 28.8 Å². The van der Waals surface area contributed by atoms with Gasteiger partial charge in [-0.1, -0.05) is 18.5 Å². The smallest absolute Gasteiger partial charge is 0.250 e. The lowest BCUT2D eigenvalue weighted by atomic mass is 10.1. The third-order valence-corrected chi connectivity index (χ3v) is 2.98. The number of nitrogens with one attached hydrogen (secondary N) is 1. The Morgan fingerprint density at radius 3 is 2.61 bits per heavy atom. The van der Waals surface area contributed by atoms with Crippen molar-refractivity contribution in [2.24, 2.45) is 17.4 Å². The van der Waals surface area contributed by atoms with Crippen LogP contribution in [0.15, 0.2) is 18.2 Å². The van der Waals surface area contributed by atoms with E-state index in [2.05, 4.69) is 5.32 Å². The van der Waals surface area contributed by atoms with Crippen LogP contribution < -0.4 is 16.8 Å². The summed E-state index contributed by atoms with van der Waals surface area (Å²) in [5.74, 6) is -1.07. The van der Waals surface area contributed by atoms with Crippen molar-refractivity contribution < 1.29 is 9.59 Å². The quantitative estimate of drug-likeness (QED) is 0.753. The summed E-state index contributed by atoms with van der Waals surface area (Å²) in [7, 11) is 0. The van der Waals surface area contributed by atoms with Crippen LogP contribution in [0.25, 0.3) is 0 Å². The first-order chi connectivity index (χ1) is 8.49. The highest BCUT2D eigenvalue weighted by Gasteiger charge is 2.15. The Bertz CT molecular complexity index is 459. The Morgan fingerprint density at radius 1 is 1.44 bits per heavy atom. The number of halogens is 1. The fourth-order valence-corrected chi connectivity index (χ4v) is 1.71. The number of amides is 2. The van der Waals surface area contributed by atoms with Crippen molar-refractivity contribution in [3.8, 4) is 0 Å². The molecule has 1 aromatic carbocycles. The molecule has 0 saturated carbocycles. The maximum absolute atomic E-state index is 11.8. The van der Waals surface area contributed by atoms with E-state index >= 15 is 0 Å². The van der Waals surface area contributed by atoms with Crippen molar-refractivity contribution in [1.29, 1.82) is 0 Å². The second-order valence-corrected chi connectivity index (χ2v) is 4.30. The maximum Gasteiger partial charge on any atom is 0.250 e. The fraction of sp³-hybridized carbons (Fsp3) is 0.333. The van der Waals surface area contributed by atoms with Gasteiger partial charge < -0.3 is 16.8 Å². The summed E-state index contributed by atoms with van der Waals surface area (Å²) in [6.45, 7) is 2.16. The van der Waals surface area contributed by atoms with E-state index in [1.807, 2.05) is 6.92 Å². The van der Waals surface area contributed by atoms with Gasteiger partial charge in [-0.25, -0.2) is 0 Å². The monoisotopic (exact) mass is 269 g/mol. The number of hydrogen-bond acceptors (Lipinski definition) is 3. The predicted octanol–water partition coefficient (Wildman–Crippen LogP) is 1.36. The molecule has 0 aliphatic carbocycles. The Hall–Kier alpha value is -1.59. The van der Waals surface area contributed by atoms with Gasteiger partial charge in [0, 0.05) is 12.2 Å². The molecular formula is C12H16ClN3O2. The third-order valence-electron chi connectivity index (χ3n) is 2.65. The predicted molar refractivity (Wildman–Crippen MR) is 71.4 cm³/mol. The molecule has 98 valence electrons. The SMILES string of the molecule is CCC(CN)C(=O)Nc1ccc(Cl)c(C(N)=O)c1. The van der Waals surface area contributed by atoms with Crippen LogP contribution in [0.3, 0.4) is 0 Å². The zero-order valence-corrected chi connectivity index (χ0v) is 10.8. The molecule has 1 unspecified atom stereocenters. The van der Waals surface area contributed by atoms with E-state index in [0.29, 0.717) is 12.1 Å². The topological polar surface area (TPSA) is 98.2 Å². The highest BCUT2D eigenvalue weighted by atomic mass is 35.5. The van der Waals surface area contributed by atoms with Gasteiger partial charge in [0.2, 0.25) is 11.8 Å². The summed E-state index contributed by atoms with van der Waals surface area (Å²) in [6.07, 6.45) is 0.651. The Kier molecular flexibility index (Phi) is 5.12. The second-order valence-electron chi connectivity index (χ2n) is 3.89. The summed E-state index contributed by atoms with van der Waals surface area (Å²) in [4.78, 5) is 22.9. The molecule has 1 atom stereocenters. The van der Waals surface area contributed by atoms with E-state index in [-0.39, 0.29) is 29.0 Å². The van der Waals surface area contributed by atoms with E-state index < -0.39 is 5.91 Å². The van der Waals surface area contributed by atoms with Gasteiger partial charge in [-0.15, -0.1) is 0 Å². The summed E-state index contributed by atoms with van der Waals surface area (Å²) in [5.41, 5.74) is 11.3. The molecule has 0 spiro atoms. The molecule has 0 aromatic heterocycles. The molecule has 0 fully saturated rings. The average Bonchev–Trinajstić information content (AvgIpc) is 2.32. The van der Waals surface area contributed by atoms with Crippen LogP contribution >= 0.6 is 11.6 Å². The lowest BCUT2D eigenvalue weighted by Gasteiger charge is -2.13. The Labute approximate surface area is 110 Å². The molecule has 5 N–H and O–H groups in total. The van der Waals surface area contributed by atoms with Crippen LogP contribution in [0.1, 0.15) is 23.7 Å². The molecule has 0 bridgehead atoms. The molecule has 1 rings (SSSR count). The standard InChI is InChI=1S/C12H16ClN3O2/c1-2-7(6-14)12(18)16-8-3-4-10(13)9(5-8)11(15)17/h3-5,7H,2,6,14H2,1H3,(H2,15,17)(H,16,18). The van der Waals surface area contributed by atoms with Crippen LogP contribution in [-0.4, -0.2) is 18.4 Å². The average molecular weight is 270 g/mol. The minimum absolute atomic E-state index is 0.176. The zero-order chi connectivity index (χ0) is 13.7. The lowest BCUT2D eigenvalue weighted by Crippen LogP contribution is -2.28. The van der Waals surface area contributed by atoms with Gasteiger partial charge >= 0.3 is 0 Å². The van der Waals surface area contributed by atoms with Crippen molar-refractivity contribution in [1.82, 2.24) is 0 Å². The maximum atomic E-state index is 11.8. The molecule has 18 heavy (non-hydrogen) atoms. The number of nitrogens with two attached hydrogens (primary N) is 2. The molecule has 0 aliphatic rings. The van der Waals surface area contributed by atoms with Crippen LogP contribution in [0.2, 0.25) is 5.02 Å². The van der Waals surface area contributed by atoms with Crippen molar-refractivity contribution in [3.63, 3.8) is 0 Å². The van der Waals surface area contributed by atoms with Gasteiger partial charge in [0.05, 0.1) is 16.5 Å². The minimum Gasteiger partial charge on any atom is -0.366 e. The van der Waals surface area contributed by atoms with Gasteiger partial charge in [0.15, 0.2) is 0 Å². The van der Waals surface area contributed by atoms with Crippen molar-refractivity contribution >= 4 is 29.1 Å². The van der Waals surface area contributed by atoms with Crippen molar-refractivity contribution in [2.45, 2.75) is 13.3 Å².